The van der Waals surface area contributed by atoms with Gasteiger partial charge in [0.15, 0.2) is 0 Å². The number of hydrogen-bond acceptors (Lipinski definition) is 7. The molecule has 0 fully saturated rings. The van der Waals surface area contributed by atoms with Crippen LogP contribution in [0.5, 0.6) is 0 Å². The van der Waals surface area contributed by atoms with Crippen LogP contribution in [-0.2, 0) is 10.3 Å². The summed E-state index contributed by atoms with van der Waals surface area (Å²) in [6.07, 6.45) is 0. The second-order valence-corrected chi connectivity index (χ2v) is 7.15. The molecule has 0 saturated heterocycles. The maximum absolute atomic E-state index is 12.1. The quantitative estimate of drug-likeness (QED) is 0.488. The molecule has 0 saturated carbocycles. The molecule has 0 aliphatic rings. The van der Waals surface area contributed by atoms with Gasteiger partial charge in [-0.1, -0.05) is 23.4 Å². The largest absolute Gasteiger partial charge is 0.324 e. The number of nitro benzene ring substituents is 1. The summed E-state index contributed by atoms with van der Waals surface area (Å²) in [5, 5.41) is 25.5. The van der Waals surface area contributed by atoms with E-state index in [1.54, 1.807) is 4.68 Å². The fraction of sp³-hybridized carbons (Fsp3) is 0.385. The van der Waals surface area contributed by atoms with Crippen LogP contribution < -0.4 is 5.32 Å². The van der Waals surface area contributed by atoms with Crippen LogP contribution >= 0.6 is 23.4 Å². The number of carbonyl (C=O) groups excluding carboxylic acids is 1. The fourth-order valence-electron chi connectivity index (χ4n) is 1.73. The van der Waals surface area contributed by atoms with Gasteiger partial charge in [-0.25, -0.2) is 4.68 Å². The minimum atomic E-state index is -0.557. The van der Waals surface area contributed by atoms with E-state index in [0.717, 1.165) is 11.8 Å². The highest BCUT2D eigenvalue weighted by Gasteiger charge is 2.21. The monoisotopic (exact) mass is 370 g/mol. The molecule has 9 nitrogen and oxygen atoms in total. The maximum Gasteiger partial charge on any atom is 0.271 e. The fourth-order valence-corrected chi connectivity index (χ4v) is 2.75. The van der Waals surface area contributed by atoms with Crippen molar-refractivity contribution in [3.8, 4) is 0 Å². The van der Waals surface area contributed by atoms with E-state index in [0.29, 0.717) is 5.16 Å². The van der Waals surface area contributed by atoms with Crippen LogP contribution in [0, 0.1) is 10.1 Å². The van der Waals surface area contributed by atoms with E-state index in [2.05, 4.69) is 20.8 Å². The Kier molecular flexibility index (Phi) is 5.40. The van der Waals surface area contributed by atoms with Crippen molar-refractivity contribution in [1.82, 2.24) is 20.2 Å². The van der Waals surface area contributed by atoms with Crippen LogP contribution in [0.4, 0.5) is 11.4 Å². The average Bonchev–Trinajstić information content (AvgIpc) is 2.96. The number of halogens is 1. The summed E-state index contributed by atoms with van der Waals surface area (Å²) in [6.45, 7) is 5.82. The third-order valence-corrected chi connectivity index (χ3v) is 4.09. The van der Waals surface area contributed by atoms with Crippen molar-refractivity contribution in [3.05, 3.63) is 33.3 Å². The highest BCUT2D eigenvalue weighted by Crippen LogP contribution is 2.27. The standard InChI is InChI=1S/C13H15ClN6O3S/c1-13(2,3)19-12(16-17-18-19)24-7-11(21)15-10-6-8(20(22)23)4-5-9(10)14/h4-6H,7H2,1-3H3,(H,15,21). The number of aromatic nitrogens is 4. The van der Waals surface area contributed by atoms with E-state index < -0.39 is 4.92 Å². The summed E-state index contributed by atoms with van der Waals surface area (Å²) in [4.78, 5) is 22.3. The highest BCUT2D eigenvalue weighted by molar-refractivity contribution is 7.99. The number of nitrogens with zero attached hydrogens (tertiary/aromatic N) is 5. The normalized spacial score (nSPS) is 11.3. The Morgan fingerprint density at radius 3 is 2.79 bits per heavy atom. The molecule has 1 aromatic heterocycles. The maximum atomic E-state index is 12.1. The molecule has 0 radical (unpaired) electrons. The van der Waals surface area contributed by atoms with Crippen LogP contribution in [-0.4, -0.2) is 36.8 Å². The van der Waals surface area contributed by atoms with E-state index in [-0.39, 0.29) is 33.6 Å². The van der Waals surface area contributed by atoms with Gasteiger partial charge in [0.2, 0.25) is 11.1 Å². The molecule has 2 rings (SSSR count). The van der Waals surface area contributed by atoms with Gasteiger partial charge in [0.05, 0.1) is 26.9 Å². The second-order valence-electron chi connectivity index (χ2n) is 5.80. The average molecular weight is 371 g/mol. The number of nitrogens with one attached hydrogen (secondary N) is 1. The predicted molar refractivity (Wildman–Crippen MR) is 90.3 cm³/mol. The van der Waals surface area contributed by atoms with Gasteiger partial charge in [0, 0.05) is 12.1 Å². The molecule has 11 heteroatoms. The smallest absolute Gasteiger partial charge is 0.271 e. The Labute approximate surface area is 146 Å². The number of hydrogen-bond donors (Lipinski definition) is 1. The number of thioether (sulfide) groups is 1. The van der Waals surface area contributed by atoms with Gasteiger partial charge in [-0.15, -0.1) is 5.10 Å². The highest BCUT2D eigenvalue weighted by atomic mass is 35.5. The minimum Gasteiger partial charge on any atom is -0.324 e. The first kappa shape index (κ1) is 18.1. The Morgan fingerprint density at radius 1 is 1.46 bits per heavy atom. The first-order valence-corrected chi connectivity index (χ1v) is 8.20. The van der Waals surface area contributed by atoms with Crippen molar-refractivity contribution in [1.29, 1.82) is 0 Å². The third kappa shape index (κ3) is 4.42. The number of rotatable bonds is 5. The number of non-ortho nitro benzene ring substituents is 1. The van der Waals surface area contributed by atoms with E-state index in [9.17, 15) is 14.9 Å². The molecule has 0 unspecified atom stereocenters. The SMILES string of the molecule is CC(C)(C)n1nnnc1SCC(=O)Nc1cc([N+](=O)[O-])ccc1Cl. The molecule has 0 aliphatic heterocycles. The molecule has 2 aromatic rings. The topological polar surface area (TPSA) is 116 Å². The van der Waals surface area contributed by atoms with Gasteiger partial charge in [-0.3, -0.25) is 14.9 Å². The van der Waals surface area contributed by atoms with Crippen molar-refractivity contribution in [2.45, 2.75) is 31.5 Å². The molecule has 1 N–H and O–H groups in total. The number of anilines is 1. The molecular weight excluding hydrogens is 356 g/mol. The van der Waals surface area contributed by atoms with Crippen LogP contribution in [0.1, 0.15) is 20.8 Å². The van der Waals surface area contributed by atoms with Crippen molar-refractivity contribution in [3.63, 3.8) is 0 Å². The molecule has 0 aliphatic carbocycles. The summed E-state index contributed by atoms with van der Waals surface area (Å²) >= 11 is 7.11. The lowest BCUT2D eigenvalue weighted by atomic mass is 10.1. The molecule has 128 valence electrons. The second kappa shape index (κ2) is 7.14. The first-order chi connectivity index (χ1) is 11.2. The van der Waals surface area contributed by atoms with Gasteiger partial charge in [0.25, 0.3) is 5.69 Å². The van der Waals surface area contributed by atoms with Crippen LogP contribution in [0.2, 0.25) is 5.02 Å². The Hall–Kier alpha value is -2.20. The molecule has 1 heterocycles. The van der Waals surface area contributed by atoms with E-state index in [1.807, 2.05) is 20.8 Å². The third-order valence-electron chi connectivity index (χ3n) is 2.84. The number of benzene rings is 1. The zero-order valence-corrected chi connectivity index (χ0v) is 14.8. The molecule has 1 aromatic carbocycles. The van der Waals surface area contributed by atoms with Crippen LogP contribution in [0.3, 0.4) is 0 Å². The van der Waals surface area contributed by atoms with Crippen LogP contribution in [0.15, 0.2) is 23.4 Å². The Balaban J connectivity index is 2.04. The number of amides is 1. The zero-order valence-electron chi connectivity index (χ0n) is 13.2. The zero-order chi connectivity index (χ0) is 17.9. The lowest BCUT2D eigenvalue weighted by Crippen LogP contribution is -2.24. The first-order valence-electron chi connectivity index (χ1n) is 6.84. The van der Waals surface area contributed by atoms with Gasteiger partial charge in [-0.05, 0) is 37.3 Å². The number of tetrazole rings is 1. The molecule has 0 spiro atoms. The minimum absolute atomic E-state index is 0.0372. The summed E-state index contributed by atoms with van der Waals surface area (Å²) in [7, 11) is 0. The van der Waals surface area contributed by atoms with E-state index in [1.165, 1.54) is 18.2 Å². The lowest BCUT2D eigenvalue weighted by Gasteiger charge is -2.19. The van der Waals surface area contributed by atoms with Gasteiger partial charge >= 0.3 is 0 Å². The van der Waals surface area contributed by atoms with Crippen LogP contribution in [0.25, 0.3) is 0 Å². The Morgan fingerprint density at radius 2 is 2.17 bits per heavy atom. The summed E-state index contributed by atoms with van der Waals surface area (Å²) in [5.41, 5.74) is -0.281. The molecule has 0 atom stereocenters. The number of nitro groups is 1. The van der Waals surface area contributed by atoms with Crippen molar-refractivity contribution >= 4 is 40.6 Å². The van der Waals surface area contributed by atoms with Crippen molar-refractivity contribution in [2.75, 3.05) is 11.1 Å². The van der Waals surface area contributed by atoms with E-state index in [4.69, 9.17) is 11.6 Å². The molecular formula is C13H15ClN6O3S. The number of carbonyl (C=O) groups is 1. The summed E-state index contributed by atoms with van der Waals surface area (Å²) in [6, 6.07) is 3.84. The van der Waals surface area contributed by atoms with Gasteiger partial charge < -0.3 is 5.32 Å². The molecule has 1 amide bonds. The lowest BCUT2D eigenvalue weighted by molar-refractivity contribution is -0.384. The predicted octanol–water partition coefficient (Wildman–Crippen LogP) is 2.72. The van der Waals surface area contributed by atoms with Gasteiger partial charge in [-0.2, -0.15) is 0 Å². The summed E-state index contributed by atoms with van der Waals surface area (Å²) < 4.78 is 1.62. The van der Waals surface area contributed by atoms with E-state index >= 15 is 0 Å². The van der Waals surface area contributed by atoms with Crippen molar-refractivity contribution in [2.24, 2.45) is 0 Å². The van der Waals surface area contributed by atoms with Gasteiger partial charge in [0.1, 0.15) is 0 Å². The molecule has 0 bridgehead atoms. The summed E-state index contributed by atoms with van der Waals surface area (Å²) in [5.74, 6) is -0.332. The Bertz CT molecular complexity index is 773. The molecule has 24 heavy (non-hydrogen) atoms. The van der Waals surface area contributed by atoms with Crippen molar-refractivity contribution < 1.29 is 9.72 Å².